The largest absolute Gasteiger partial charge is 0.390 e. The van der Waals surface area contributed by atoms with E-state index in [1.54, 1.807) is 6.20 Å². The van der Waals surface area contributed by atoms with Crippen LogP contribution in [0.1, 0.15) is 19.5 Å². The van der Waals surface area contributed by atoms with Crippen LogP contribution in [0.2, 0.25) is 0 Å². The Morgan fingerprint density at radius 2 is 2.10 bits per heavy atom. The smallest absolute Gasteiger partial charge is 0.180 e. The Morgan fingerprint density at radius 3 is 2.85 bits per heavy atom. The number of para-hydroxylation sites is 2. The van der Waals surface area contributed by atoms with E-state index in [-0.39, 0.29) is 6.61 Å². The molecule has 0 fully saturated rings. The number of aliphatic hydroxyl groups excluding tert-OH is 1. The molecule has 0 aliphatic rings. The van der Waals surface area contributed by atoms with Crippen molar-refractivity contribution in [2.75, 3.05) is 11.9 Å². The van der Waals surface area contributed by atoms with Crippen molar-refractivity contribution in [1.29, 1.82) is 0 Å². The third-order valence-corrected chi connectivity index (χ3v) is 3.24. The molecule has 0 saturated heterocycles. The first-order chi connectivity index (χ1) is 9.70. The van der Waals surface area contributed by atoms with Gasteiger partial charge in [0, 0.05) is 6.54 Å². The van der Waals surface area contributed by atoms with Crippen LogP contribution >= 0.6 is 0 Å². The molecular weight excluding hydrogens is 252 g/mol. The molecule has 3 aromatic rings. The van der Waals surface area contributed by atoms with Crippen molar-refractivity contribution in [3.63, 3.8) is 0 Å². The second-order valence-electron chi connectivity index (χ2n) is 5.29. The Labute approximate surface area is 117 Å². The maximum absolute atomic E-state index is 9.49. The van der Waals surface area contributed by atoms with Gasteiger partial charge >= 0.3 is 0 Å². The van der Waals surface area contributed by atoms with E-state index in [1.807, 2.05) is 28.7 Å². The first kappa shape index (κ1) is 12.9. The third-order valence-electron chi connectivity index (χ3n) is 3.24. The number of fused-ring (bicyclic) bond motifs is 3. The monoisotopic (exact) mass is 270 g/mol. The summed E-state index contributed by atoms with van der Waals surface area (Å²) in [6.45, 7) is 5.09. The van der Waals surface area contributed by atoms with Crippen molar-refractivity contribution < 1.29 is 5.11 Å². The van der Waals surface area contributed by atoms with Crippen molar-refractivity contribution in [2.24, 2.45) is 5.92 Å². The number of benzene rings is 1. The standard InChI is InChI=1S/C15H18N4O/c1-10(2)7-16-14-15-17-8-11(9-20)19(15)13-6-4-3-5-12(13)18-14/h3-6,8,10,20H,7,9H2,1-2H3,(H,16,18). The predicted octanol–water partition coefficient (Wildman–Crippen LogP) is 2.44. The molecule has 20 heavy (non-hydrogen) atoms. The van der Waals surface area contributed by atoms with Crippen molar-refractivity contribution in [2.45, 2.75) is 20.5 Å². The van der Waals surface area contributed by atoms with E-state index in [2.05, 4.69) is 29.1 Å². The summed E-state index contributed by atoms with van der Waals surface area (Å²) in [5.74, 6) is 1.28. The number of anilines is 1. The first-order valence-electron chi connectivity index (χ1n) is 6.80. The number of aromatic nitrogens is 3. The molecule has 2 N–H and O–H groups in total. The molecule has 0 unspecified atom stereocenters. The Morgan fingerprint density at radius 1 is 1.30 bits per heavy atom. The van der Waals surface area contributed by atoms with Crippen LogP contribution in [-0.4, -0.2) is 26.0 Å². The minimum absolute atomic E-state index is 0.0429. The summed E-state index contributed by atoms with van der Waals surface area (Å²) in [5, 5.41) is 12.8. The fourth-order valence-corrected chi connectivity index (χ4v) is 2.27. The van der Waals surface area contributed by atoms with Gasteiger partial charge in [-0.3, -0.25) is 4.40 Å². The van der Waals surface area contributed by atoms with Crippen LogP contribution < -0.4 is 5.32 Å². The Hall–Kier alpha value is -2.14. The molecule has 0 bridgehead atoms. The lowest BCUT2D eigenvalue weighted by Gasteiger charge is -2.12. The maximum atomic E-state index is 9.49. The molecule has 104 valence electrons. The Balaban J connectivity index is 2.25. The highest BCUT2D eigenvalue weighted by molar-refractivity contribution is 5.83. The second kappa shape index (κ2) is 5.09. The summed E-state index contributed by atoms with van der Waals surface area (Å²) >= 11 is 0. The predicted molar refractivity (Wildman–Crippen MR) is 79.7 cm³/mol. The lowest BCUT2D eigenvalue weighted by molar-refractivity contribution is 0.276. The van der Waals surface area contributed by atoms with Crippen LogP contribution in [0.15, 0.2) is 30.5 Å². The molecule has 0 spiro atoms. The lowest BCUT2D eigenvalue weighted by Crippen LogP contribution is -2.11. The highest BCUT2D eigenvalue weighted by Crippen LogP contribution is 2.22. The van der Waals surface area contributed by atoms with Crippen molar-refractivity contribution >= 4 is 22.5 Å². The van der Waals surface area contributed by atoms with E-state index in [1.165, 1.54) is 0 Å². The number of imidazole rings is 1. The average Bonchev–Trinajstić information content (AvgIpc) is 2.89. The molecule has 0 saturated carbocycles. The fourth-order valence-electron chi connectivity index (χ4n) is 2.27. The molecule has 1 aromatic carbocycles. The summed E-state index contributed by atoms with van der Waals surface area (Å²) in [4.78, 5) is 9.04. The van der Waals surface area contributed by atoms with Crippen LogP contribution in [0, 0.1) is 5.92 Å². The summed E-state index contributed by atoms with van der Waals surface area (Å²) in [5.41, 5.74) is 3.37. The van der Waals surface area contributed by atoms with Gasteiger partial charge in [-0.2, -0.15) is 0 Å². The number of rotatable bonds is 4. The van der Waals surface area contributed by atoms with Crippen LogP contribution in [0.5, 0.6) is 0 Å². The zero-order valence-corrected chi connectivity index (χ0v) is 11.7. The molecule has 0 aliphatic heterocycles. The van der Waals surface area contributed by atoms with Gasteiger partial charge in [0.05, 0.1) is 29.5 Å². The minimum Gasteiger partial charge on any atom is -0.390 e. The van der Waals surface area contributed by atoms with Gasteiger partial charge in [0.25, 0.3) is 0 Å². The number of hydrogen-bond acceptors (Lipinski definition) is 4. The molecule has 2 aromatic heterocycles. The van der Waals surface area contributed by atoms with Crippen LogP contribution in [0.25, 0.3) is 16.7 Å². The van der Waals surface area contributed by atoms with Crippen molar-refractivity contribution in [3.05, 3.63) is 36.2 Å². The quantitative estimate of drug-likeness (QED) is 0.764. The summed E-state index contributed by atoms with van der Waals surface area (Å²) < 4.78 is 1.96. The van der Waals surface area contributed by atoms with Gasteiger partial charge in [0.2, 0.25) is 0 Å². The second-order valence-corrected chi connectivity index (χ2v) is 5.29. The van der Waals surface area contributed by atoms with Gasteiger partial charge in [-0.15, -0.1) is 0 Å². The molecule has 5 nitrogen and oxygen atoms in total. The van der Waals surface area contributed by atoms with Gasteiger partial charge in [0.1, 0.15) is 0 Å². The third kappa shape index (κ3) is 2.10. The van der Waals surface area contributed by atoms with E-state index >= 15 is 0 Å². The SMILES string of the molecule is CC(C)CNc1nc2ccccc2n2c(CO)cnc12. The topological polar surface area (TPSA) is 62.5 Å². The van der Waals surface area contributed by atoms with Gasteiger partial charge in [-0.25, -0.2) is 9.97 Å². The Bertz CT molecular complexity index is 748. The molecule has 0 radical (unpaired) electrons. The van der Waals surface area contributed by atoms with Crippen LogP contribution in [0.4, 0.5) is 5.82 Å². The van der Waals surface area contributed by atoms with Crippen molar-refractivity contribution in [3.8, 4) is 0 Å². The normalized spacial score (nSPS) is 11.6. The number of aliphatic hydroxyl groups is 1. The van der Waals surface area contributed by atoms with Crippen LogP contribution in [0.3, 0.4) is 0 Å². The van der Waals surface area contributed by atoms with Gasteiger partial charge in [0.15, 0.2) is 11.5 Å². The van der Waals surface area contributed by atoms with E-state index < -0.39 is 0 Å². The average molecular weight is 270 g/mol. The lowest BCUT2D eigenvalue weighted by atomic mass is 10.2. The maximum Gasteiger partial charge on any atom is 0.180 e. The number of hydrogen-bond donors (Lipinski definition) is 2. The van der Waals surface area contributed by atoms with E-state index in [9.17, 15) is 5.11 Å². The van der Waals surface area contributed by atoms with E-state index in [0.29, 0.717) is 5.92 Å². The molecule has 0 aliphatic carbocycles. The minimum atomic E-state index is -0.0429. The van der Waals surface area contributed by atoms with Gasteiger partial charge in [-0.05, 0) is 18.1 Å². The highest BCUT2D eigenvalue weighted by Gasteiger charge is 2.12. The van der Waals surface area contributed by atoms with Crippen LogP contribution in [-0.2, 0) is 6.61 Å². The highest BCUT2D eigenvalue weighted by atomic mass is 16.3. The molecule has 0 amide bonds. The summed E-state index contributed by atoms with van der Waals surface area (Å²) in [7, 11) is 0. The molecule has 3 rings (SSSR count). The first-order valence-corrected chi connectivity index (χ1v) is 6.80. The molecule has 2 heterocycles. The zero-order chi connectivity index (χ0) is 14.1. The zero-order valence-electron chi connectivity index (χ0n) is 11.7. The van der Waals surface area contributed by atoms with E-state index in [0.717, 1.165) is 34.7 Å². The molecular formula is C15H18N4O. The molecule has 5 heteroatoms. The van der Waals surface area contributed by atoms with Gasteiger partial charge in [-0.1, -0.05) is 26.0 Å². The summed E-state index contributed by atoms with van der Waals surface area (Å²) in [6.07, 6.45) is 1.70. The molecule has 0 atom stereocenters. The van der Waals surface area contributed by atoms with Crippen molar-refractivity contribution in [1.82, 2.24) is 14.4 Å². The summed E-state index contributed by atoms with van der Waals surface area (Å²) in [6, 6.07) is 7.88. The van der Waals surface area contributed by atoms with E-state index in [4.69, 9.17) is 0 Å². The van der Waals surface area contributed by atoms with Gasteiger partial charge < -0.3 is 10.4 Å². The number of nitrogens with zero attached hydrogens (tertiary/aromatic N) is 3. The number of nitrogens with one attached hydrogen (secondary N) is 1. The Kier molecular flexibility index (Phi) is 3.28. The fraction of sp³-hybridized carbons (Fsp3) is 0.333.